The van der Waals surface area contributed by atoms with Crippen LogP contribution in [0.3, 0.4) is 0 Å². The van der Waals surface area contributed by atoms with Crippen molar-refractivity contribution in [3.8, 4) is 23.0 Å². The fourth-order valence-corrected chi connectivity index (χ4v) is 3.47. The van der Waals surface area contributed by atoms with Gasteiger partial charge in [0.1, 0.15) is 40.1 Å². The van der Waals surface area contributed by atoms with Crippen LogP contribution in [0.2, 0.25) is 0 Å². The van der Waals surface area contributed by atoms with E-state index in [-0.39, 0.29) is 0 Å². The summed E-state index contributed by atoms with van der Waals surface area (Å²) >= 11 is 0.787. The van der Waals surface area contributed by atoms with Gasteiger partial charge in [0.25, 0.3) is 0 Å². The minimum absolute atomic E-state index is 0.383. The fourth-order valence-electron chi connectivity index (χ4n) is 3.08. The van der Waals surface area contributed by atoms with Crippen LogP contribution in [-0.2, 0) is 9.37 Å². The Balaban J connectivity index is 1.96. The largest absolute Gasteiger partial charge is 0.495 e. The molecule has 0 bridgehead atoms. The molecule has 0 heterocycles. The normalized spacial score (nSPS) is 11.3. The Morgan fingerprint density at radius 2 is 1.17 bits per heavy atom. The third-order valence-corrected chi connectivity index (χ3v) is 5.45. The van der Waals surface area contributed by atoms with Gasteiger partial charge in [-0.05, 0) is 36.8 Å². The number of methoxy groups -OCH3 is 4. The molecule has 190 valence electrons. The average Bonchev–Trinajstić information content (AvgIpc) is 2.90. The monoisotopic (exact) mass is 515 g/mol. The van der Waals surface area contributed by atoms with Gasteiger partial charge in [-0.15, -0.1) is 19.7 Å². The van der Waals surface area contributed by atoms with E-state index in [2.05, 4.69) is 29.8 Å². The van der Waals surface area contributed by atoms with Crippen molar-refractivity contribution < 1.29 is 33.6 Å². The smallest absolute Gasteiger partial charge is 0.148 e. The second kappa shape index (κ2) is 12.7. The zero-order valence-electron chi connectivity index (χ0n) is 20.2. The van der Waals surface area contributed by atoms with Gasteiger partial charge in [0.05, 0.1) is 51.9 Å². The van der Waals surface area contributed by atoms with E-state index in [9.17, 15) is 0 Å². The molecule has 0 aromatic heterocycles. The maximum atomic E-state index is 8.37. The van der Waals surface area contributed by atoms with Gasteiger partial charge >= 0.3 is 0 Å². The van der Waals surface area contributed by atoms with Crippen LogP contribution in [0.25, 0.3) is 0 Å². The van der Waals surface area contributed by atoms with Gasteiger partial charge in [0, 0.05) is 23.1 Å². The second-order valence-corrected chi connectivity index (χ2v) is 7.81. The van der Waals surface area contributed by atoms with Gasteiger partial charge in [-0.2, -0.15) is 5.11 Å². The second-order valence-electron chi connectivity index (χ2n) is 7.04. The molecule has 3 aromatic rings. The maximum absolute atomic E-state index is 8.37. The zero-order valence-corrected chi connectivity index (χ0v) is 21.0. The minimum atomic E-state index is 0.383. The van der Waals surface area contributed by atoms with Crippen LogP contribution in [0.5, 0.6) is 23.0 Å². The molecule has 3 N–H and O–H groups in total. The van der Waals surface area contributed by atoms with Gasteiger partial charge in [0.15, 0.2) is 0 Å². The number of nitrogens with zero attached hydrogens (tertiary/aromatic N) is 4. The summed E-state index contributed by atoms with van der Waals surface area (Å²) < 4.78 is 26.0. The third-order valence-electron chi connectivity index (χ3n) is 4.87. The van der Waals surface area contributed by atoms with E-state index in [1.54, 1.807) is 42.5 Å². The van der Waals surface area contributed by atoms with Crippen molar-refractivity contribution in [2.75, 3.05) is 34.2 Å². The lowest BCUT2D eigenvalue weighted by molar-refractivity contribution is -0.432. The van der Waals surface area contributed by atoms with E-state index in [1.807, 2.05) is 6.92 Å². The predicted octanol–water partition coefficient (Wildman–Crippen LogP) is 6.87. The van der Waals surface area contributed by atoms with E-state index in [4.69, 9.17) is 29.9 Å². The Hall–Kier alpha value is -3.91. The SMILES string of the molecule is COc1cc(N=Nc2cc(OC)c(N=Nc3cc(SOOO)ccc3OC)cc2OC)c(C)cc1N. The van der Waals surface area contributed by atoms with Gasteiger partial charge < -0.3 is 24.7 Å². The molecule has 3 aromatic carbocycles. The Morgan fingerprint density at radius 3 is 1.69 bits per heavy atom. The molecule has 0 atom stereocenters. The van der Waals surface area contributed by atoms with Crippen LogP contribution in [-0.4, -0.2) is 33.7 Å². The summed E-state index contributed by atoms with van der Waals surface area (Å²) in [5.74, 6) is 1.77. The van der Waals surface area contributed by atoms with E-state index >= 15 is 0 Å². The van der Waals surface area contributed by atoms with E-state index in [1.165, 1.54) is 28.4 Å². The summed E-state index contributed by atoms with van der Waals surface area (Å²) in [6.07, 6.45) is 0. The van der Waals surface area contributed by atoms with E-state index < -0.39 is 0 Å². The van der Waals surface area contributed by atoms with Crippen LogP contribution in [0.15, 0.2) is 67.8 Å². The van der Waals surface area contributed by atoms with Gasteiger partial charge in [-0.3, -0.25) is 0 Å². The molecule has 0 unspecified atom stereocenters. The molecule has 0 spiro atoms. The molecule has 0 saturated heterocycles. The summed E-state index contributed by atoms with van der Waals surface area (Å²) in [7, 11) is 6.05. The van der Waals surface area contributed by atoms with Crippen molar-refractivity contribution >= 4 is 40.5 Å². The van der Waals surface area contributed by atoms with E-state index in [0.29, 0.717) is 56.3 Å². The predicted molar refractivity (Wildman–Crippen MR) is 134 cm³/mol. The van der Waals surface area contributed by atoms with Crippen molar-refractivity contribution in [2.45, 2.75) is 11.8 Å². The highest BCUT2D eigenvalue weighted by molar-refractivity contribution is 7.94. The first kappa shape index (κ1) is 26.7. The standard InChI is InChI=1S/C23H25N5O7S/c1-13-8-15(24)21(31-3)10-16(13)25-27-18-11-23(33-5)19(12-22(18)32-4)28-26-17-9-14(36-35-34-29)6-7-20(17)30-2/h6-12,29H,24H2,1-5H3. The van der Waals surface area contributed by atoms with Crippen molar-refractivity contribution in [1.29, 1.82) is 0 Å². The molecular weight excluding hydrogens is 490 g/mol. The molecule has 0 aliphatic rings. The lowest BCUT2D eigenvalue weighted by Gasteiger charge is -2.10. The zero-order chi connectivity index (χ0) is 26.1. The van der Waals surface area contributed by atoms with Crippen molar-refractivity contribution in [2.24, 2.45) is 20.5 Å². The number of nitrogen functional groups attached to an aromatic ring is 1. The minimum Gasteiger partial charge on any atom is -0.495 e. The molecule has 0 radical (unpaired) electrons. The average molecular weight is 516 g/mol. The number of hydrogen-bond donors (Lipinski definition) is 2. The Labute approximate surface area is 211 Å². The molecule has 13 heteroatoms. The number of benzene rings is 3. The van der Waals surface area contributed by atoms with Crippen LogP contribution in [0.1, 0.15) is 5.56 Å². The van der Waals surface area contributed by atoms with E-state index in [0.717, 1.165) is 17.6 Å². The number of ether oxygens (including phenoxy) is 4. The van der Waals surface area contributed by atoms with Crippen LogP contribution >= 0.6 is 12.0 Å². The molecule has 0 aliphatic carbocycles. The summed E-state index contributed by atoms with van der Waals surface area (Å²) in [6.45, 7) is 1.87. The first-order valence-corrected chi connectivity index (χ1v) is 11.0. The van der Waals surface area contributed by atoms with Gasteiger partial charge in [-0.25, -0.2) is 5.26 Å². The molecular formula is C23H25N5O7S. The topological polar surface area (TPSA) is 151 Å². The Bertz CT molecular complexity index is 1270. The fraction of sp³-hybridized carbons (Fsp3) is 0.217. The third kappa shape index (κ3) is 6.40. The Morgan fingerprint density at radius 1 is 0.667 bits per heavy atom. The number of azo groups is 2. The first-order valence-electron chi connectivity index (χ1n) is 10.3. The summed E-state index contributed by atoms with van der Waals surface area (Å²) in [6, 6.07) is 11.7. The number of rotatable bonds is 11. The number of hydrogen-bond acceptors (Lipinski definition) is 13. The quantitative estimate of drug-likeness (QED) is 0.0916. The highest BCUT2D eigenvalue weighted by Crippen LogP contribution is 2.42. The lowest BCUT2D eigenvalue weighted by atomic mass is 10.1. The van der Waals surface area contributed by atoms with Crippen LogP contribution < -0.4 is 24.7 Å². The first-order chi connectivity index (χ1) is 17.4. The molecule has 0 aliphatic heterocycles. The molecule has 12 nitrogen and oxygen atoms in total. The van der Waals surface area contributed by atoms with Crippen LogP contribution in [0.4, 0.5) is 28.4 Å². The van der Waals surface area contributed by atoms with Crippen LogP contribution in [0, 0.1) is 6.92 Å². The summed E-state index contributed by atoms with van der Waals surface area (Å²) in [5, 5.41) is 29.2. The van der Waals surface area contributed by atoms with Gasteiger partial charge in [-0.1, -0.05) is 5.04 Å². The van der Waals surface area contributed by atoms with Gasteiger partial charge in [0.2, 0.25) is 0 Å². The number of nitrogens with two attached hydrogens (primary N) is 1. The Kier molecular flexibility index (Phi) is 9.41. The van der Waals surface area contributed by atoms with Crippen molar-refractivity contribution in [1.82, 2.24) is 0 Å². The lowest BCUT2D eigenvalue weighted by Crippen LogP contribution is -1.92. The molecule has 0 fully saturated rings. The highest BCUT2D eigenvalue weighted by atomic mass is 32.2. The maximum Gasteiger partial charge on any atom is 0.148 e. The van der Waals surface area contributed by atoms with Crippen molar-refractivity contribution in [3.63, 3.8) is 0 Å². The molecule has 0 saturated carbocycles. The van der Waals surface area contributed by atoms with Crippen molar-refractivity contribution in [3.05, 3.63) is 48.0 Å². The molecule has 3 rings (SSSR count). The highest BCUT2D eigenvalue weighted by Gasteiger charge is 2.13. The molecule has 36 heavy (non-hydrogen) atoms. The molecule has 0 amide bonds. The summed E-state index contributed by atoms with van der Waals surface area (Å²) in [5.41, 5.74) is 9.08. The number of anilines is 1. The summed E-state index contributed by atoms with van der Waals surface area (Å²) in [4.78, 5) is 0.591. The number of aryl methyl sites for hydroxylation is 1.